The zero-order valence-corrected chi connectivity index (χ0v) is 15.1. The first-order chi connectivity index (χ1) is 13.1. The number of para-hydroxylation sites is 1. The van der Waals surface area contributed by atoms with Crippen LogP contribution in [0.25, 0.3) is 0 Å². The van der Waals surface area contributed by atoms with Crippen LogP contribution in [0.2, 0.25) is 0 Å². The standard InChI is InChI=1S/C20H18N2O5/c1-11-7-9-12(10-8-11)22-19(23)15-16(21-27-18(15)20(22)24)13-5-4-6-14(25-2)17(13)26-3/h4-10,15,18H,1-3H3/t15-,18+/m1/s1. The number of carbonyl (C=O) groups is 2. The van der Waals surface area contributed by atoms with Gasteiger partial charge in [0.2, 0.25) is 12.0 Å². The summed E-state index contributed by atoms with van der Waals surface area (Å²) < 4.78 is 10.8. The number of methoxy groups -OCH3 is 2. The lowest BCUT2D eigenvalue weighted by Crippen LogP contribution is -2.33. The second kappa shape index (κ2) is 6.42. The SMILES string of the molecule is COc1cccc(C2=NO[C@@H]3C(=O)N(c4ccc(C)cc4)C(=O)[C@H]23)c1OC. The van der Waals surface area contributed by atoms with Gasteiger partial charge in [-0.15, -0.1) is 0 Å². The number of hydrogen-bond acceptors (Lipinski definition) is 6. The van der Waals surface area contributed by atoms with Gasteiger partial charge in [-0.25, -0.2) is 4.90 Å². The number of oxime groups is 1. The molecule has 0 N–H and O–H groups in total. The van der Waals surface area contributed by atoms with Crippen LogP contribution in [0, 0.1) is 12.8 Å². The van der Waals surface area contributed by atoms with Crippen LogP contribution in [0.15, 0.2) is 47.6 Å². The molecule has 7 nitrogen and oxygen atoms in total. The Balaban J connectivity index is 1.74. The Hall–Kier alpha value is -3.35. The van der Waals surface area contributed by atoms with Gasteiger partial charge < -0.3 is 14.3 Å². The fourth-order valence-electron chi connectivity index (χ4n) is 3.44. The number of rotatable bonds is 4. The zero-order chi connectivity index (χ0) is 19.1. The van der Waals surface area contributed by atoms with Gasteiger partial charge in [-0.1, -0.05) is 28.9 Å². The minimum Gasteiger partial charge on any atom is -0.493 e. The predicted octanol–water partition coefficient (Wildman–Crippen LogP) is 2.30. The summed E-state index contributed by atoms with van der Waals surface area (Å²) in [4.78, 5) is 32.4. The maximum Gasteiger partial charge on any atom is 0.278 e. The second-order valence-corrected chi connectivity index (χ2v) is 6.37. The Morgan fingerprint density at radius 3 is 2.41 bits per heavy atom. The van der Waals surface area contributed by atoms with Gasteiger partial charge in [0.05, 0.1) is 19.9 Å². The van der Waals surface area contributed by atoms with Crippen LogP contribution in [-0.2, 0) is 14.4 Å². The average molecular weight is 366 g/mol. The van der Waals surface area contributed by atoms with E-state index in [1.54, 1.807) is 30.3 Å². The molecule has 2 aromatic rings. The van der Waals surface area contributed by atoms with Crippen LogP contribution >= 0.6 is 0 Å². The third-order valence-corrected chi connectivity index (χ3v) is 4.78. The number of hydrogen-bond donors (Lipinski definition) is 0. The van der Waals surface area contributed by atoms with Gasteiger partial charge in [-0.3, -0.25) is 9.59 Å². The van der Waals surface area contributed by atoms with Crippen LogP contribution in [0.4, 0.5) is 5.69 Å². The molecule has 27 heavy (non-hydrogen) atoms. The number of anilines is 1. The Kier molecular flexibility index (Phi) is 4.07. The van der Waals surface area contributed by atoms with Crippen LogP contribution in [0.1, 0.15) is 11.1 Å². The minimum absolute atomic E-state index is 0.365. The first kappa shape index (κ1) is 17.1. The molecule has 0 spiro atoms. The van der Waals surface area contributed by atoms with Crippen LogP contribution in [-0.4, -0.2) is 37.8 Å². The number of imide groups is 1. The van der Waals surface area contributed by atoms with E-state index in [9.17, 15) is 9.59 Å². The maximum absolute atomic E-state index is 13.1. The molecule has 2 heterocycles. The summed E-state index contributed by atoms with van der Waals surface area (Å²) in [6.07, 6.45) is -0.968. The van der Waals surface area contributed by atoms with E-state index < -0.39 is 17.9 Å². The maximum atomic E-state index is 13.1. The van der Waals surface area contributed by atoms with Crippen molar-refractivity contribution in [2.75, 3.05) is 19.1 Å². The lowest BCUT2D eigenvalue weighted by Gasteiger charge is -2.16. The van der Waals surface area contributed by atoms with E-state index in [4.69, 9.17) is 14.3 Å². The van der Waals surface area contributed by atoms with Crippen LogP contribution in [0.3, 0.4) is 0 Å². The molecule has 2 aromatic carbocycles. The molecule has 0 unspecified atom stereocenters. The fraction of sp³-hybridized carbons (Fsp3) is 0.250. The van der Waals surface area contributed by atoms with Crippen molar-refractivity contribution in [3.05, 3.63) is 53.6 Å². The lowest BCUT2D eigenvalue weighted by molar-refractivity contribution is -0.126. The van der Waals surface area contributed by atoms with E-state index in [2.05, 4.69) is 5.16 Å². The van der Waals surface area contributed by atoms with E-state index >= 15 is 0 Å². The summed E-state index contributed by atoms with van der Waals surface area (Å²) in [5, 5.41) is 4.03. The first-order valence-electron chi connectivity index (χ1n) is 8.46. The highest BCUT2D eigenvalue weighted by Crippen LogP contribution is 2.39. The van der Waals surface area contributed by atoms with Crippen molar-refractivity contribution in [3.8, 4) is 11.5 Å². The largest absolute Gasteiger partial charge is 0.493 e. The van der Waals surface area contributed by atoms with Crippen molar-refractivity contribution in [3.63, 3.8) is 0 Å². The number of carbonyl (C=O) groups excluding carboxylic acids is 2. The average Bonchev–Trinajstić information content (AvgIpc) is 3.22. The van der Waals surface area contributed by atoms with E-state index in [1.165, 1.54) is 14.2 Å². The van der Waals surface area contributed by atoms with Gasteiger partial charge in [0.25, 0.3) is 5.91 Å². The molecule has 138 valence electrons. The van der Waals surface area contributed by atoms with E-state index in [-0.39, 0.29) is 5.91 Å². The molecule has 2 aliphatic heterocycles. The number of amides is 2. The van der Waals surface area contributed by atoms with Gasteiger partial charge in [0.1, 0.15) is 11.6 Å². The smallest absolute Gasteiger partial charge is 0.278 e. The molecule has 7 heteroatoms. The molecule has 0 aliphatic carbocycles. The second-order valence-electron chi connectivity index (χ2n) is 6.37. The number of fused-ring (bicyclic) bond motifs is 1. The van der Waals surface area contributed by atoms with Gasteiger partial charge in [-0.2, -0.15) is 0 Å². The van der Waals surface area contributed by atoms with Crippen molar-refractivity contribution >= 4 is 23.2 Å². The Morgan fingerprint density at radius 2 is 1.74 bits per heavy atom. The number of benzene rings is 2. The van der Waals surface area contributed by atoms with Gasteiger partial charge in [-0.05, 0) is 31.2 Å². The summed E-state index contributed by atoms with van der Waals surface area (Å²) in [6, 6.07) is 12.5. The molecule has 2 atom stereocenters. The molecule has 2 aliphatic rings. The summed E-state index contributed by atoms with van der Waals surface area (Å²) in [7, 11) is 3.04. The van der Waals surface area contributed by atoms with Crippen LogP contribution in [0.5, 0.6) is 11.5 Å². The van der Waals surface area contributed by atoms with Crippen LogP contribution < -0.4 is 14.4 Å². The molecule has 0 radical (unpaired) electrons. The molecule has 1 saturated heterocycles. The van der Waals surface area contributed by atoms with Gasteiger partial charge in [0.15, 0.2) is 11.5 Å². The van der Waals surface area contributed by atoms with E-state index in [0.717, 1.165) is 10.5 Å². The zero-order valence-electron chi connectivity index (χ0n) is 15.1. The molecule has 1 fully saturated rings. The van der Waals surface area contributed by atoms with Crippen molar-refractivity contribution in [2.45, 2.75) is 13.0 Å². The first-order valence-corrected chi connectivity index (χ1v) is 8.46. The van der Waals surface area contributed by atoms with E-state index in [0.29, 0.717) is 28.5 Å². The molecule has 0 aromatic heterocycles. The molecule has 2 amide bonds. The molecular weight excluding hydrogens is 348 g/mol. The third-order valence-electron chi connectivity index (χ3n) is 4.78. The minimum atomic E-state index is -0.968. The number of nitrogens with zero attached hydrogens (tertiary/aromatic N) is 2. The Labute approximate surface area is 156 Å². The number of ether oxygens (including phenoxy) is 2. The summed E-state index contributed by atoms with van der Waals surface area (Å²) in [5.41, 5.74) is 2.49. The highest BCUT2D eigenvalue weighted by molar-refractivity contribution is 6.32. The monoisotopic (exact) mass is 366 g/mol. The van der Waals surface area contributed by atoms with Crippen molar-refractivity contribution in [1.29, 1.82) is 0 Å². The topological polar surface area (TPSA) is 77.4 Å². The highest BCUT2D eigenvalue weighted by Gasteiger charge is 2.56. The molecule has 0 saturated carbocycles. The summed E-state index contributed by atoms with van der Waals surface area (Å²) in [6.45, 7) is 1.94. The fourth-order valence-corrected chi connectivity index (χ4v) is 3.44. The van der Waals surface area contributed by atoms with Crippen molar-refractivity contribution in [1.82, 2.24) is 0 Å². The lowest BCUT2D eigenvalue weighted by atomic mass is 9.93. The normalized spacial score (nSPS) is 21.0. The van der Waals surface area contributed by atoms with Gasteiger partial charge in [0, 0.05) is 5.56 Å². The summed E-state index contributed by atoms with van der Waals surface area (Å²) >= 11 is 0. The quantitative estimate of drug-likeness (QED) is 0.776. The van der Waals surface area contributed by atoms with Gasteiger partial charge >= 0.3 is 0 Å². The predicted molar refractivity (Wildman–Crippen MR) is 98.1 cm³/mol. The highest BCUT2D eigenvalue weighted by atomic mass is 16.7. The Morgan fingerprint density at radius 1 is 1.00 bits per heavy atom. The summed E-state index contributed by atoms with van der Waals surface area (Å²) in [5.74, 6) is -0.658. The van der Waals surface area contributed by atoms with E-state index in [1.807, 2.05) is 19.1 Å². The number of aryl methyl sites for hydroxylation is 1. The molecule has 0 bridgehead atoms. The van der Waals surface area contributed by atoms with Crippen molar-refractivity contribution < 1.29 is 23.9 Å². The Bertz CT molecular complexity index is 951. The third kappa shape index (κ3) is 2.54. The molecular formula is C20H18N2O5. The molecule has 4 rings (SSSR count). The van der Waals surface area contributed by atoms with Crippen molar-refractivity contribution in [2.24, 2.45) is 11.1 Å².